The SMILES string of the molecule is CN1CCOC(CCC(=O)c2nc(-c3ccc4ncc(C(F)(F)F)n4c3)c(-c3ncco3)nc2N)C1. The van der Waals surface area contributed by atoms with Gasteiger partial charge in [0.1, 0.15) is 29.0 Å². The van der Waals surface area contributed by atoms with Crippen molar-refractivity contribution >= 4 is 17.2 Å². The molecule has 188 valence electrons. The van der Waals surface area contributed by atoms with Crippen molar-refractivity contribution in [3.63, 3.8) is 0 Å². The number of likely N-dealkylation sites (N-methyl/N-ethyl adjacent to an activating group) is 1. The van der Waals surface area contributed by atoms with E-state index in [9.17, 15) is 18.0 Å². The molecule has 1 saturated heterocycles. The molecule has 13 heteroatoms. The number of oxazole rings is 1. The van der Waals surface area contributed by atoms with Crippen molar-refractivity contribution in [3.05, 3.63) is 48.4 Å². The minimum Gasteiger partial charge on any atom is -0.443 e. The number of carbonyl (C=O) groups excluding carboxylic acids is 1. The smallest absolute Gasteiger partial charge is 0.433 e. The number of fused-ring (bicyclic) bond motifs is 1. The Morgan fingerprint density at radius 2 is 2.06 bits per heavy atom. The summed E-state index contributed by atoms with van der Waals surface area (Å²) in [5.41, 5.74) is 5.61. The Balaban J connectivity index is 1.54. The van der Waals surface area contributed by atoms with Crippen LogP contribution in [0.2, 0.25) is 0 Å². The van der Waals surface area contributed by atoms with Crippen LogP contribution in [0.5, 0.6) is 0 Å². The van der Waals surface area contributed by atoms with Crippen LogP contribution < -0.4 is 5.73 Å². The van der Waals surface area contributed by atoms with Gasteiger partial charge in [0.2, 0.25) is 5.89 Å². The first-order valence-corrected chi connectivity index (χ1v) is 11.2. The molecule has 1 aliphatic heterocycles. The quantitative estimate of drug-likeness (QED) is 0.396. The number of imidazole rings is 1. The highest BCUT2D eigenvalue weighted by Crippen LogP contribution is 2.34. The zero-order chi connectivity index (χ0) is 25.4. The number of ketones is 1. The van der Waals surface area contributed by atoms with Gasteiger partial charge in [-0.3, -0.25) is 9.20 Å². The van der Waals surface area contributed by atoms with Crippen LogP contribution in [0.25, 0.3) is 28.5 Å². The fourth-order valence-electron chi connectivity index (χ4n) is 4.13. The number of nitrogens with zero attached hydrogens (tertiary/aromatic N) is 6. The van der Waals surface area contributed by atoms with Crippen LogP contribution in [0.3, 0.4) is 0 Å². The summed E-state index contributed by atoms with van der Waals surface area (Å²) in [7, 11) is 1.98. The van der Waals surface area contributed by atoms with Crippen LogP contribution in [-0.4, -0.2) is 67.9 Å². The summed E-state index contributed by atoms with van der Waals surface area (Å²) in [6.45, 7) is 2.12. The second kappa shape index (κ2) is 9.32. The number of nitrogen functional groups attached to an aromatic ring is 1. The maximum absolute atomic E-state index is 13.5. The van der Waals surface area contributed by atoms with E-state index in [4.69, 9.17) is 14.9 Å². The Bertz CT molecular complexity index is 1400. The van der Waals surface area contributed by atoms with Crippen molar-refractivity contribution in [2.75, 3.05) is 32.5 Å². The van der Waals surface area contributed by atoms with Crippen molar-refractivity contribution in [2.45, 2.75) is 25.1 Å². The average Bonchev–Trinajstić information content (AvgIpc) is 3.52. The number of ether oxygens (including phenoxy) is 1. The van der Waals surface area contributed by atoms with Crippen LogP contribution >= 0.6 is 0 Å². The molecule has 0 aliphatic carbocycles. The average molecular weight is 501 g/mol. The highest BCUT2D eigenvalue weighted by molar-refractivity contribution is 5.99. The normalized spacial score (nSPS) is 17.1. The largest absolute Gasteiger partial charge is 0.443 e. The number of hydrogen-bond acceptors (Lipinski definition) is 9. The predicted octanol–water partition coefficient (Wildman–Crippen LogP) is 3.34. The summed E-state index contributed by atoms with van der Waals surface area (Å²) in [6, 6.07) is 2.95. The Hall–Kier alpha value is -3.84. The first-order chi connectivity index (χ1) is 17.2. The third-order valence-electron chi connectivity index (χ3n) is 5.93. The molecule has 5 rings (SSSR count). The molecule has 1 aliphatic rings. The molecule has 1 unspecified atom stereocenters. The minimum absolute atomic E-state index is 0.0589. The molecule has 0 saturated carbocycles. The van der Waals surface area contributed by atoms with E-state index in [2.05, 4.69) is 24.8 Å². The second-order valence-electron chi connectivity index (χ2n) is 8.50. The molecule has 0 radical (unpaired) electrons. The number of anilines is 1. The number of alkyl halides is 3. The van der Waals surface area contributed by atoms with Gasteiger partial charge in [0.05, 0.1) is 25.1 Å². The van der Waals surface area contributed by atoms with Crippen molar-refractivity contribution in [3.8, 4) is 22.8 Å². The fourth-order valence-corrected chi connectivity index (χ4v) is 4.13. The van der Waals surface area contributed by atoms with E-state index in [-0.39, 0.29) is 58.3 Å². The minimum atomic E-state index is -4.62. The fraction of sp³-hybridized carbons (Fsp3) is 0.348. The molecule has 1 fully saturated rings. The van der Waals surface area contributed by atoms with Gasteiger partial charge in [-0.05, 0) is 25.6 Å². The molecule has 10 nitrogen and oxygen atoms in total. The van der Waals surface area contributed by atoms with Crippen LogP contribution in [0.1, 0.15) is 29.0 Å². The number of aromatic nitrogens is 5. The lowest BCUT2D eigenvalue weighted by molar-refractivity contribution is -0.141. The Morgan fingerprint density at radius 1 is 1.22 bits per heavy atom. The van der Waals surface area contributed by atoms with Crippen LogP contribution in [-0.2, 0) is 10.9 Å². The van der Waals surface area contributed by atoms with Crippen LogP contribution in [0.4, 0.5) is 19.0 Å². The highest BCUT2D eigenvalue weighted by atomic mass is 19.4. The Morgan fingerprint density at radius 3 is 2.78 bits per heavy atom. The number of pyridine rings is 1. The van der Waals surface area contributed by atoms with Crippen LogP contribution in [0.15, 0.2) is 41.4 Å². The van der Waals surface area contributed by atoms with Gasteiger partial charge >= 0.3 is 6.18 Å². The van der Waals surface area contributed by atoms with Gasteiger partial charge in [0.15, 0.2) is 17.3 Å². The molecular weight excluding hydrogens is 479 g/mol. The van der Waals surface area contributed by atoms with Crippen molar-refractivity contribution in [1.82, 2.24) is 29.2 Å². The van der Waals surface area contributed by atoms with E-state index < -0.39 is 11.9 Å². The van der Waals surface area contributed by atoms with Gasteiger partial charge in [-0.2, -0.15) is 13.2 Å². The lowest BCUT2D eigenvalue weighted by Crippen LogP contribution is -2.40. The molecule has 1 atom stereocenters. The van der Waals surface area contributed by atoms with Gasteiger partial charge in [0.25, 0.3) is 0 Å². The number of carbonyl (C=O) groups is 1. The van der Waals surface area contributed by atoms with Crippen LogP contribution in [0, 0.1) is 0 Å². The summed E-state index contributed by atoms with van der Waals surface area (Å²) in [5.74, 6) is -0.418. The van der Waals surface area contributed by atoms with E-state index in [1.54, 1.807) is 0 Å². The topological polar surface area (TPSA) is 125 Å². The first-order valence-electron chi connectivity index (χ1n) is 11.2. The summed E-state index contributed by atoms with van der Waals surface area (Å²) in [5, 5.41) is 0. The number of Topliss-reactive ketones (excluding diaryl/α,β-unsaturated/α-hetero) is 1. The van der Waals surface area contributed by atoms with Crippen molar-refractivity contribution in [2.24, 2.45) is 0 Å². The molecule has 0 aromatic carbocycles. The summed E-state index contributed by atoms with van der Waals surface area (Å²) in [4.78, 5) is 31.8. The van der Waals surface area contributed by atoms with E-state index in [0.29, 0.717) is 19.6 Å². The summed E-state index contributed by atoms with van der Waals surface area (Å²) < 4.78 is 52.4. The standard InChI is InChI=1S/C23H22F3N7O3/c1-32-7-9-35-14(12-32)3-4-15(34)19-21(27)31-20(22-28-6-8-36-22)18(30-19)13-2-5-17-29-10-16(23(24,25)26)33(17)11-13/h2,5-6,8,10-11,14H,3-4,7,9,12H2,1H3,(H2,27,31). The van der Waals surface area contributed by atoms with E-state index in [0.717, 1.165) is 17.1 Å². The molecule has 0 amide bonds. The molecular formula is C23H22F3N7O3. The van der Waals surface area contributed by atoms with Gasteiger partial charge in [0, 0.05) is 31.3 Å². The molecule has 2 N–H and O–H groups in total. The third kappa shape index (κ3) is 4.66. The van der Waals surface area contributed by atoms with Crippen molar-refractivity contribution < 1.29 is 27.1 Å². The molecule has 0 spiro atoms. The molecule has 5 heterocycles. The zero-order valence-electron chi connectivity index (χ0n) is 19.2. The number of nitrogens with two attached hydrogens (primary N) is 1. The zero-order valence-corrected chi connectivity index (χ0v) is 19.2. The molecule has 4 aromatic heterocycles. The third-order valence-corrected chi connectivity index (χ3v) is 5.93. The lowest BCUT2D eigenvalue weighted by atomic mass is 10.1. The summed E-state index contributed by atoms with van der Waals surface area (Å²) >= 11 is 0. The number of morpholine rings is 1. The summed E-state index contributed by atoms with van der Waals surface area (Å²) in [6.07, 6.45) is 0.561. The maximum Gasteiger partial charge on any atom is 0.433 e. The van der Waals surface area contributed by atoms with Gasteiger partial charge in [-0.1, -0.05) is 0 Å². The monoisotopic (exact) mass is 501 g/mol. The Labute approximate surface area is 202 Å². The molecule has 0 bridgehead atoms. The van der Waals surface area contributed by atoms with Gasteiger partial charge < -0.3 is 19.8 Å². The number of hydrogen-bond donors (Lipinski definition) is 1. The lowest BCUT2D eigenvalue weighted by Gasteiger charge is -2.29. The number of halogens is 3. The molecule has 36 heavy (non-hydrogen) atoms. The van der Waals surface area contributed by atoms with E-state index in [1.165, 1.54) is 30.8 Å². The Kier molecular flexibility index (Phi) is 6.18. The van der Waals surface area contributed by atoms with Crippen molar-refractivity contribution in [1.29, 1.82) is 0 Å². The highest BCUT2D eigenvalue weighted by Gasteiger charge is 2.34. The van der Waals surface area contributed by atoms with E-state index in [1.807, 2.05) is 7.05 Å². The second-order valence-corrected chi connectivity index (χ2v) is 8.50. The van der Waals surface area contributed by atoms with Gasteiger partial charge in [-0.15, -0.1) is 0 Å². The van der Waals surface area contributed by atoms with E-state index >= 15 is 0 Å². The first kappa shape index (κ1) is 23.9. The molecule has 4 aromatic rings. The van der Waals surface area contributed by atoms with Gasteiger partial charge in [-0.25, -0.2) is 19.9 Å². The number of rotatable bonds is 6. The predicted molar refractivity (Wildman–Crippen MR) is 122 cm³/mol. The maximum atomic E-state index is 13.5.